The molecular formula is C22H22F2N2O2S. The van der Waals surface area contributed by atoms with Crippen molar-refractivity contribution in [3.63, 3.8) is 0 Å². The van der Waals surface area contributed by atoms with Crippen molar-refractivity contribution < 1.29 is 18.4 Å². The van der Waals surface area contributed by atoms with Gasteiger partial charge in [-0.1, -0.05) is 18.9 Å². The van der Waals surface area contributed by atoms with Crippen molar-refractivity contribution in [2.45, 2.75) is 42.4 Å². The first-order chi connectivity index (χ1) is 14.0. The van der Waals surface area contributed by atoms with Crippen LogP contribution in [0.25, 0.3) is 0 Å². The van der Waals surface area contributed by atoms with Crippen molar-refractivity contribution in [2.75, 3.05) is 17.6 Å². The average molecular weight is 416 g/mol. The topological polar surface area (TPSA) is 58.2 Å². The van der Waals surface area contributed by atoms with Crippen LogP contribution in [0.1, 0.15) is 48.0 Å². The summed E-state index contributed by atoms with van der Waals surface area (Å²) in [4.78, 5) is 25.5. The Bertz CT molecular complexity index is 938. The van der Waals surface area contributed by atoms with Gasteiger partial charge >= 0.3 is 0 Å². The van der Waals surface area contributed by atoms with Crippen LogP contribution in [0.2, 0.25) is 0 Å². The molecule has 2 amide bonds. The van der Waals surface area contributed by atoms with Crippen LogP contribution >= 0.6 is 11.8 Å². The smallest absolute Gasteiger partial charge is 0.251 e. The maximum absolute atomic E-state index is 14.5. The van der Waals surface area contributed by atoms with Gasteiger partial charge in [0, 0.05) is 40.2 Å². The normalized spacial score (nSPS) is 17.9. The largest absolute Gasteiger partial charge is 0.351 e. The molecule has 2 aromatic rings. The molecule has 2 aromatic carbocycles. The van der Waals surface area contributed by atoms with E-state index in [1.165, 1.54) is 18.2 Å². The summed E-state index contributed by atoms with van der Waals surface area (Å²) in [7, 11) is 0. The van der Waals surface area contributed by atoms with Gasteiger partial charge in [0.2, 0.25) is 5.91 Å². The summed E-state index contributed by atoms with van der Waals surface area (Å²) in [6.45, 7) is 0.169. The highest BCUT2D eigenvalue weighted by Crippen LogP contribution is 2.43. The second kappa shape index (κ2) is 8.14. The van der Waals surface area contributed by atoms with Crippen LogP contribution in [-0.2, 0) is 10.2 Å². The van der Waals surface area contributed by atoms with E-state index in [0.29, 0.717) is 36.3 Å². The van der Waals surface area contributed by atoms with Crippen molar-refractivity contribution in [2.24, 2.45) is 0 Å². The van der Waals surface area contributed by atoms with Crippen LogP contribution in [0.5, 0.6) is 0 Å². The molecule has 152 valence electrons. The summed E-state index contributed by atoms with van der Waals surface area (Å²) in [5.41, 5.74) is 0.374. The molecule has 7 heteroatoms. The molecule has 2 N–H and O–H groups in total. The Hall–Kier alpha value is -2.41. The third-order valence-corrected chi connectivity index (χ3v) is 6.82. The van der Waals surface area contributed by atoms with Gasteiger partial charge in [0.1, 0.15) is 11.6 Å². The van der Waals surface area contributed by atoms with E-state index in [4.69, 9.17) is 0 Å². The van der Waals surface area contributed by atoms with Crippen molar-refractivity contribution >= 4 is 29.3 Å². The van der Waals surface area contributed by atoms with E-state index in [0.717, 1.165) is 17.7 Å². The SMILES string of the molecule is O=C1CCSc2ccc(C(=O)NCC3(c4c(F)cccc4F)CCCC3)cc2N1. The lowest BCUT2D eigenvalue weighted by Gasteiger charge is -2.30. The zero-order chi connectivity index (χ0) is 20.4. The molecule has 4 nitrogen and oxygen atoms in total. The van der Waals surface area contributed by atoms with E-state index in [9.17, 15) is 18.4 Å². The van der Waals surface area contributed by atoms with Gasteiger partial charge < -0.3 is 10.6 Å². The first-order valence-corrected chi connectivity index (χ1v) is 10.8. The molecule has 0 radical (unpaired) electrons. The molecule has 1 heterocycles. The number of thioether (sulfide) groups is 1. The predicted octanol–water partition coefficient (Wildman–Crippen LogP) is 4.64. The fourth-order valence-corrected chi connectivity index (χ4v) is 5.22. The summed E-state index contributed by atoms with van der Waals surface area (Å²) in [5.74, 6) is -0.828. The fourth-order valence-electron chi connectivity index (χ4n) is 4.28. The van der Waals surface area contributed by atoms with Gasteiger partial charge in [-0.25, -0.2) is 8.78 Å². The average Bonchev–Trinajstić information content (AvgIpc) is 3.08. The van der Waals surface area contributed by atoms with Crippen LogP contribution < -0.4 is 10.6 Å². The number of carbonyl (C=O) groups is 2. The number of carbonyl (C=O) groups excluding carboxylic acids is 2. The van der Waals surface area contributed by atoms with Crippen LogP contribution in [0.3, 0.4) is 0 Å². The minimum atomic E-state index is -0.735. The van der Waals surface area contributed by atoms with E-state index in [1.807, 2.05) is 6.07 Å². The number of hydrogen-bond acceptors (Lipinski definition) is 3. The van der Waals surface area contributed by atoms with Gasteiger partial charge in [-0.3, -0.25) is 9.59 Å². The molecule has 0 saturated heterocycles. The molecule has 0 spiro atoms. The third kappa shape index (κ3) is 4.01. The number of benzene rings is 2. The van der Waals surface area contributed by atoms with E-state index >= 15 is 0 Å². The molecule has 1 aliphatic carbocycles. The third-order valence-electron chi connectivity index (χ3n) is 5.74. The number of amides is 2. The minimum Gasteiger partial charge on any atom is -0.351 e. The molecule has 2 aliphatic rings. The lowest BCUT2D eigenvalue weighted by molar-refractivity contribution is -0.115. The van der Waals surface area contributed by atoms with Gasteiger partial charge in [0.05, 0.1) is 5.69 Å². The molecule has 0 aromatic heterocycles. The van der Waals surface area contributed by atoms with Crippen molar-refractivity contribution in [1.82, 2.24) is 5.32 Å². The predicted molar refractivity (Wildman–Crippen MR) is 109 cm³/mol. The van der Waals surface area contributed by atoms with E-state index in [1.54, 1.807) is 23.9 Å². The van der Waals surface area contributed by atoms with Crippen LogP contribution in [0.4, 0.5) is 14.5 Å². The molecule has 0 bridgehead atoms. The number of halogens is 2. The molecule has 0 atom stereocenters. The second-order valence-corrected chi connectivity index (χ2v) is 8.76. The first kappa shape index (κ1) is 19.9. The first-order valence-electron chi connectivity index (χ1n) is 9.78. The Kier molecular flexibility index (Phi) is 5.58. The highest BCUT2D eigenvalue weighted by atomic mass is 32.2. The van der Waals surface area contributed by atoms with Gasteiger partial charge in [-0.2, -0.15) is 0 Å². The Morgan fingerprint density at radius 2 is 1.86 bits per heavy atom. The Balaban J connectivity index is 1.55. The highest BCUT2D eigenvalue weighted by molar-refractivity contribution is 7.99. The molecule has 0 unspecified atom stereocenters. The van der Waals surface area contributed by atoms with Gasteiger partial charge in [0.25, 0.3) is 5.91 Å². The van der Waals surface area contributed by atoms with Crippen LogP contribution in [0.15, 0.2) is 41.3 Å². The van der Waals surface area contributed by atoms with Crippen molar-refractivity contribution in [1.29, 1.82) is 0 Å². The monoisotopic (exact) mass is 416 g/mol. The number of hydrogen-bond donors (Lipinski definition) is 2. The standard InChI is InChI=1S/C22H22F2N2O2S/c23-15-4-3-5-16(24)20(15)22(9-1-2-10-22)13-25-21(28)14-6-7-18-17(12-14)26-19(27)8-11-29-18/h3-7,12H,1-2,8-11,13H2,(H,25,28)(H,26,27). The summed E-state index contributed by atoms with van der Waals surface area (Å²) < 4.78 is 28.9. The van der Waals surface area contributed by atoms with E-state index < -0.39 is 17.0 Å². The van der Waals surface area contributed by atoms with Crippen LogP contribution in [-0.4, -0.2) is 24.1 Å². The second-order valence-electron chi connectivity index (χ2n) is 7.62. The molecule has 4 rings (SSSR count). The van der Waals surface area contributed by atoms with Gasteiger partial charge in [0.15, 0.2) is 0 Å². The molecular weight excluding hydrogens is 394 g/mol. The maximum Gasteiger partial charge on any atom is 0.251 e. The fraction of sp³-hybridized carbons (Fsp3) is 0.364. The Morgan fingerprint density at radius 1 is 1.14 bits per heavy atom. The van der Waals surface area contributed by atoms with Crippen molar-refractivity contribution in [3.8, 4) is 0 Å². The molecule has 1 saturated carbocycles. The van der Waals surface area contributed by atoms with Crippen molar-refractivity contribution in [3.05, 3.63) is 59.2 Å². The number of fused-ring (bicyclic) bond motifs is 1. The quantitative estimate of drug-likeness (QED) is 0.763. The van der Waals surface area contributed by atoms with E-state index in [2.05, 4.69) is 10.6 Å². The lowest BCUT2D eigenvalue weighted by Crippen LogP contribution is -2.40. The van der Waals surface area contributed by atoms with Gasteiger partial charge in [-0.05, 0) is 43.2 Å². The van der Waals surface area contributed by atoms with Crippen LogP contribution in [0, 0.1) is 11.6 Å². The molecule has 1 fully saturated rings. The lowest BCUT2D eigenvalue weighted by atomic mass is 9.78. The highest BCUT2D eigenvalue weighted by Gasteiger charge is 2.40. The number of anilines is 1. The Labute approximate surface area is 172 Å². The maximum atomic E-state index is 14.5. The van der Waals surface area contributed by atoms with E-state index in [-0.39, 0.29) is 23.9 Å². The number of rotatable bonds is 4. The minimum absolute atomic E-state index is 0.0726. The zero-order valence-electron chi connectivity index (χ0n) is 15.9. The summed E-state index contributed by atoms with van der Waals surface area (Å²) in [5, 5.41) is 5.70. The zero-order valence-corrected chi connectivity index (χ0v) is 16.7. The molecule has 1 aliphatic heterocycles. The summed E-state index contributed by atoms with van der Waals surface area (Å²) in [6, 6.07) is 9.09. The summed E-state index contributed by atoms with van der Waals surface area (Å²) in [6.07, 6.45) is 3.42. The summed E-state index contributed by atoms with van der Waals surface area (Å²) >= 11 is 1.57. The Morgan fingerprint density at radius 3 is 2.59 bits per heavy atom. The molecule has 29 heavy (non-hydrogen) atoms. The van der Waals surface area contributed by atoms with Gasteiger partial charge in [-0.15, -0.1) is 11.8 Å². The number of nitrogens with one attached hydrogen (secondary N) is 2.